The van der Waals surface area contributed by atoms with Gasteiger partial charge in [0.1, 0.15) is 11.5 Å². The largest absolute Gasteiger partial charge is 0.480 e. The zero-order chi connectivity index (χ0) is 16.4. The monoisotopic (exact) mass is 325 g/mol. The van der Waals surface area contributed by atoms with E-state index >= 15 is 0 Å². The highest BCUT2D eigenvalue weighted by molar-refractivity contribution is 5.82. The van der Waals surface area contributed by atoms with E-state index in [1.54, 1.807) is 13.3 Å². The summed E-state index contributed by atoms with van der Waals surface area (Å²) < 4.78 is 5.34. The molecule has 0 unspecified atom stereocenters. The minimum atomic E-state index is 0.451. The maximum Gasteiger partial charge on any atom is 0.233 e. The maximum absolute atomic E-state index is 5.34. The summed E-state index contributed by atoms with van der Waals surface area (Å²) in [5.74, 6) is 1.69. The third-order valence-corrected chi connectivity index (χ3v) is 4.04. The van der Waals surface area contributed by atoms with Crippen molar-refractivity contribution in [1.82, 2.24) is 25.3 Å². The molecule has 0 bridgehead atoms. The minimum absolute atomic E-state index is 0.451. The highest BCUT2D eigenvalue weighted by Crippen LogP contribution is 2.25. The van der Waals surface area contributed by atoms with E-state index in [4.69, 9.17) is 4.74 Å². The Hall–Kier alpha value is -2.87. The fourth-order valence-corrected chi connectivity index (χ4v) is 2.85. The van der Waals surface area contributed by atoms with Crippen LogP contribution in [0.2, 0.25) is 0 Å². The number of nitrogens with zero attached hydrogens (tertiary/aromatic N) is 4. The number of hydrogen-bond donors (Lipinski definition) is 3. The van der Waals surface area contributed by atoms with E-state index in [-0.39, 0.29) is 0 Å². The topological polar surface area (TPSA) is 91.0 Å². The van der Waals surface area contributed by atoms with Crippen LogP contribution >= 0.6 is 0 Å². The fraction of sp³-hybridized carbons (Fsp3) is 0.312. The summed E-state index contributed by atoms with van der Waals surface area (Å²) in [5, 5.41) is 7.37. The summed E-state index contributed by atoms with van der Waals surface area (Å²) in [6.45, 7) is 3.97. The normalized spacial score (nSPS) is 14.8. The Morgan fingerprint density at radius 1 is 1.21 bits per heavy atom. The van der Waals surface area contributed by atoms with Crippen molar-refractivity contribution in [2.24, 2.45) is 0 Å². The van der Waals surface area contributed by atoms with Crippen LogP contribution in [0.5, 0.6) is 5.88 Å². The van der Waals surface area contributed by atoms with Crippen molar-refractivity contribution in [2.45, 2.75) is 0 Å². The quantitative estimate of drug-likeness (QED) is 0.670. The lowest BCUT2D eigenvalue weighted by molar-refractivity contribution is 0.403. The summed E-state index contributed by atoms with van der Waals surface area (Å²) in [4.78, 5) is 18.6. The second-order valence-electron chi connectivity index (χ2n) is 5.56. The number of hydrogen-bond acceptors (Lipinski definition) is 7. The number of pyridine rings is 1. The van der Waals surface area contributed by atoms with Gasteiger partial charge in [-0.25, -0.2) is 4.98 Å². The fourth-order valence-electron chi connectivity index (χ4n) is 2.85. The molecule has 1 aliphatic rings. The number of methoxy groups -OCH3 is 1. The van der Waals surface area contributed by atoms with Crippen LogP contribution in [0.3, 0.4) is 0 Å². The standard InChI is InChI=1S/C16H19N7O/c1-24-15-12-3-5-19-14(12)21-16(22-15)20-13-10-11(2-4-18-13)23-8-6-17-7-9-23/h2-5,10,17H,6-9H2,1H3,(H2,18,19,20,21,22). The second kappa shape index (κ2) is 6.32. The molecule has 4 heterocycles. The molecule has 0 saturated carbocycles. The highest BCUT2D eigenvalue weighted by atomic mass is 16.5. The Morgan fingerprint density at radius 3 is 2.92 bits per heavy atom. The molecule has 1 saturated heterocycles. The summed E-state index contributed by atoms with van der Waals surface area (Å²) >= 11 is 0. The molecule has 1 aliphatic heterocycles. The number of rotatable bonds is 4. The SMILES string of the molecule is COc1nc(Nc2cc(N3CCNCC3)ccn2)nc2[nH]ccc12. The summed E-state index contributed by atoms with van der Waals surface area (Å²) in [5.41, 5.74) is 1.87. The number of nitrogens with one attached hydrogen (secondary N) is 3. The van der Waals surface area contributed by atoms with Gasteiger partial charge in [0.25, 0.3) is 0 Å². The van der Waals surface area contributed by atoms with Gasteiger partial charge in [-0.1, -0.05) is 0 Å². The summed E-state index contributed by atoms with van der Waals surface area (Å²) in [6, 6.07) is 5.92. The third-order valence-electron chi connectivity index (χ3n) is 4.04. The average molecular weight is 325 g/mol. The van der Waals surface area contributed by atoms with Crippen LogP contribution in [0.25, 0.3) is 11.0 Å². The van der Waals surface area contributed by atoms with E-state index in [1.807, 2.05) is 24.4 Å². The molecule has 24 heavy (non-hydrogen) atoms. The first-order valence-corrected chi connectivity index (χ1v) is 7.91. The van der Waals surface area contributed by atoms with Gasteiger partial charge < -0.3 is 25.3 Å². The molecule has 4 rings (SSSR count). The predicted molar refractivity (Wildman–Crippen MR) is 93.0 cm³/mol. The van der Waals surface area contributed by atoms with Gasteiger partial charge in [-0.2, -0.15) is 9.97 Å². The number of piperazine rings is 1. The Balaban J connectivity index is 1.61. The first-order chi connectivity index (χ1) is 11.8. The number of aromatic amines is 1. The highest BCUT2D eigenvalue weighted by Gasteiger charge is 2.13. The molecule has 0 atom stereocenters. The number of H-pyrrole nitrogens is 1. The Bertz CT molecular complexity index is 841. The zero-order valence-corrected chi connectivity index (χ0v) is 13.4. The molecule has 0 spiro atoms. The molecule has 0 aliphatic carbocycles. The summed E-state index contributed by atoms with van der Waals surface area (Å²) in [6.07, 6.45) is 3.61. The van der Waals surface area contributed by atoms with Crippen molar-refractivity contribution in [2.75, 3.05) is 43.5 Å². The first kappa shape index (κ1) is 14.7. The number of fused-ring (bicyclic) bond motifs is 1. The molecular formula is C16H19N7O. The van der Waals surface area contributed by atoms with Gasteiger partial charge in [0, 0.05) is 50.3 Å². The van der Waals surface area contributed by atoms with Crippen molar-refractivity contribution in [3.8, 4) is 5.88 Å². The van der Waals surface area contributed by atoms with Crippen LogP contribution in [0.1, 0.15) is 0 Å². The molecule has 0 radical (unpaired) electrons. The molecule has 3 N–H and O–H groups in total. The zero-order valence-electron chi connectivity index (χ0n) is 13.4. The maximum atomic E-state index is 5.34. The van der Waals surface area contributed by atoms with Crippen molar-refractivity contribution < 1.29 is 4.74 Å². The molecule has 1 fully saturated rings. The predicted octanol–water partition coefficient (Wildman–Crippen LogP) is 1.51. The first-order valence-electron chi connectivity index (χ1n) is 7.91. The van der Waals surface area contributed by atoms with Crippen molar-refractivity contribution in [3.05, 3.63) is 30.6 Å². The second-order valence-corrected chi connectivity index (χ2v) is 5.56. The molecule has 0 amide bonds. The van der Waals surface area contributed by atoms with Gasteiger partial charge in [-0.3, -0.25) is 0 Å². The van der Waals surface area contributed by atoms with Crippen molar-refractivity contribution in [3.63, 3.8) is 0 Å². The van der Waals surface area contributed by atoms with Gasteiger partial charge in [0.15, 0.2) is 0 Å². The van der Waals surface area contributed by atoms with Gasteiger partial charge >= 0.3 is 0 Å². The van der Waals surface area contributed by atoms with E-state index < -0.39 is 0 Å². The van der Waals surface area contributed by atoms with Gasteiger partial charge in [-0.15, -0.1) is 0 Å². The number of aromatic nitrogens is 4. The smallest absolute Gasteiger partial charge is 0.233 e. The van der Waals surface area contributed by atoms with Gasteiger partial charge in [0.2, 0.25) is 11.8 Å². The van der Waals surface area contributed by atoms with E-state index in [0.717, 1.165) is 42.9 Å². The summed E-state index contributed by atoms with van der Waals surface area (Å²) in [7, 11) is 1.60. The number of ether oxygens (including phenoxy) is 1. The lowest BCUT2D eigenvalue weighted by Gasteiger charge is -2.29. The Morgan fingerprint density at radius 2 is 2.08 bits per heavy atom. The van der Waals surface area contributed by atoms with Crippen LogP contribution in [0, 0.1) is 0 Å². The van der Waals surface area contributed by atoms with Gasteiger partial charge in [-0.05, 0) is 12.1 Å². The van der Waals surface area contributed by atoms with Crippen LogP contribution < -0.4 is 20.3 Å². The molecule has 3 aromatic heterocycles. The van der Waals surface area contributed by atoms with Crippen molar-refractivity contribution >= 4 is 28.5 Å². The molecule has 3 aromatic rings. The van der Waals surface area contributed by atoms with Crippen LogP contribution in [-0.2, 0) is 0 Å². The minimum Gasteiger partial charge on any atom is -0.480 e. The van der Waals surface area contributed by atoms with Crippen LogP contribution in [0.4, 0.5) is 17.5 Å². The average Bonchev–Trinajstić information content (AvgIpc) is 3.10. The molecule has 0 aromatic carbocycles. The number of anilines is 3. The van der Waals surface area contributed by atoms with E-state index in [1.165, 1.54) is 0 Å². The van der Waals surface area contributed by atoms with Gasteiger partial charge in [0.05, 0.1) is 12.5 Å². The van der Waals surface area contributed by atoms with E-state index in [9.17, 15) is 0 Å². The third kappa shape index (κ3) is 2.83. The van der Waals surface area contributed by atoms with E-state index in [0.29, 0.717) is 17.6 Å². The molecule has 8 nitrogen and oxygen atoms in total. The molecular weight excluding hydrogens is 306 g/mol. The lowest BCUT2D eigenvalue weighted by Crippen LogP contribution is -2.43. The van der Waals surface area contributed by atoms with Crippen LogP contribution in [-0.4, -0.2) is 53.2 Å². The Kier molecular flexibility index (Phi) is 3.87. The molecule has 8 heteroatoms. The molecule has 124 valence electrons. The van der Waals surface area contributed by atoms with Crippen molar-refractivity contribution in [1.29, 1.82) is 0 Å². The lowest BCUT2D eigenvalue weighted by atomic mass is 10.3. The van der Waals surface area contributed by atoms with E-state index in [2.05, 4.69) is 35.5 Å². The van der Waals surface area contributed by atoms with Crippen LogP contribution in [0.15, 0.2) is 30.6 Å². The Labute approximate surface area is 139 Å².